The number of hydrogen-bond donors (Lipinski definition) is 4. The normalized spacial score (nSPS) is 19.0. The van der Waals surface area contributed by atoms with Gasteiger partial charge in [-0.25, -0.2) is 9.38 Å². The van der Waals surface area contributed by atoms with Crippen LogP contribution in [0.1, 0.15) is 62.3 Å². The number of aryl methyl sites for hydroxylation is 2. The topological polar surface area (TPSA) is 84.3 Å². The molecule has 0 spiro atoms. The van der Waals surface area contributed by atoms with E-state index >= 15 is 0 Å². The lowest BCUT2D eigenvalue weighted by molar-refractivity contribution is 0.357. The summed E-state index contributed by atoms with van der Waals surface area (Å²) in [5.74, 6) is 0.596. The van der Waals surface area contributed by atoms with Crippen LogP contribution in [0.15, 0.2) is 35.5 Å². The van der Waals surface area contributed by atoms with Crippen molar-refractivity contribution in [3.8, 4) is 5.88 Å². The summed E-state index contributed by atoms with van der Waals surface area (Å²) in [7, 11) is 0. The quantitative estimate of drug-likeness (QED) is 0.359. The lowest BCUT2D eigenvalue weighted by Crippen LogP contribution is -2.34. The highest BCUT2D eigenvalue weighted by Crippen LogP contribution is 2.34. The van der Waals surface area contributed by atoms with Gasteiger partial charge in [-0.15, -0.1) is 0 Å². The van der Waals surface area contributed by atoms with E-state index in [2.05, 4.69) is 66.4 Å². The van der Waals surface area contributed by atoms with E-state index in [0.717, 1.165) is 23.4 Å². The van der Waals surface area contributed by atoms with E-state index in [0.29, 0.717) is 17.2 Å². The van der Waals surface area contributed by atoms with E-state index in [1.807, 2.05) is 0 Å². The van der Waals surface area contributed by atoms with Gasteiger partial charge >= 0.3 is 0 Å². The van der Waals surface area contributed by atoms with Gasteiger partial charge < -0.3 is 15.4 Å². The Bertz CT molecular complexity index is 1190. The van der Waals surface area contributed by atoms with E-state index < -0.39 is 6.17 Å². The van der Waals surface area contributed by atoms with Crippen molar-refractivity contribution in [2.75, 3.05) is 6.54 Å². The third kappa shape index (κ3) is 5.62. The highest BCUT2D eigenvalue weighted by molar-refractivity contribution is 6.09. The summed E-state index contributed by atoms with van der Waals surface area (Å²) < 4.78 is 12.9. The van der Waals surface area contributed by atoms with Gasteiger partial charge in [-0.1, -0.05) is 44.2 Å². The van der Waals surface area contributed by atoms with Gasteiger partial charge in [0, 0.05) is 29.2 Å². The first-order chi connectivity index (χ1) is 15.7. The Hall–Kier alpha value is -3.15. The van der Waals surface area contributed by atoms with E-state index in [1.54, 1.807) is 6.92 Å². The molecule has 1 aliphatic carbocycles. The number of aromatic hydroxyl groups is 1. The number of aliphatic imine (C=N–C) groups is 1. The number of benzene rings is 1. The van der Waals surface area contributed by atoms with Crippen LogP contribution in [0.25, 0.3) is 12.2 Å². The van der Waals surface area contributed by atoms with Gasteiger partial charge in [-0.3, -0.25) is 5.41 Å². The van der Waals surface area contributed by atoms with Crippen LogP contribution < -0.4 is 15.9 Å². The standard InChI is InChI=1S/C27H35FN4O/c1-6-19-9-8-16(3)21(12-19)22-14-23-24(13-20(22)7-2)32-27(33)26(23)18(5)31-25(29)10-11-30-15-17(4)28/h8-14,17,20,22,29-30,32-33H,6-7,15H2,1-5H3/b11-10-,29-25?,31-18?. The van der Waals surface area contributed by atoms with Crippen molar-refractivity contribution in [1.82, 2.24) is 10.3 Å². The molecular weight excluding hydrogens is 415 g/mol. The summed E-state index contributed by atoms with van der Waals surface area (Å²) in [5, 5.41) is 23.4. The van der Waals surface area contributed by atoms with Crippen LogP contribution in [-0.4, -0.2) is 34.4 Å². The Morgan fingerprint density at radius 2 is 2.09 bits per heavy atom. The second kappa shape index (κ2) is 10.6. The van der Waals surface area contributed by atoms with Crippen molar-refractivity contribution in [2.24, 2.45) is 10.9 Å². The maximum atomic E-state index is 12.9. The molecule has 2 aromatic rings. The molecular formula is C27H35FN4O. The molecule has 33 heavy (non-hydrogen) atoms. The Morgan fingerprint density at radius 1 is 1.33 bits per heavy atom. The number of halogens is 1. The molecule has 5 nitrogen and oxygen atoms in total. The predicted octanol–water partition coefficient (Wildman–Crippen LogP) is 4.22. The third-order valence-electron chi connectivity index (χ3n) is 6.23. The number of rotatable bonds is 8. The molecule has 0 radical (unpaired) electrons. The Labute approximate surface area is 195 Å². The highest BCUT2D eigenvalue weighted by Gasteiger charge is 2.25. The number of H-pyrrole nitrogens is 1. The van der Waals surface area contributed by atoms with Crippen LogP contribution in [-0.2, 0) is 6.42 Å². The zero-order valence-corrected chi connectivity index (χ0v) is 20.2. The maximum Gasteiger partial charge on any atom is 0.198 e. The van der Waals surface area contributed by atoms with Crippen LogP contribution in [0.2, 0.25) is 0 Å². The van der Waals surface area contributed by atoms with Gasteiger partial charge in [-0.2, -0.15) is 0 Å². The summed E-state index contributed by atoms with van der Waals surface area (Å²) in [4.78, 5) is 7.46. The number of hydrogen-bond acceptors (Lipinski definition) is 3. The first-order valence-corrected chi connectivity index (χ1v) is 11.7. The molecule has 4 N–H and O–H groups in total. The molecule has 1 aromatic heterocycles. The zero-order chi connectivity index (χ0) is 24.1. The molecule has 0 amide bonds. The molecule has 3 rings (SSSR count). The van der Waals surface area contributed by atoms with Crippen molar-refractivity contribution in [3.63, 3.8) is 0 Å². The van der Waals surface area contributed by atoms with E-state index in [4.69, 9.17) is 5.41 Å². The smallest absolute Gasteiger partial charge is 0.198 e. The number of alkyl halides is 1. The van der Waals surface area contributed by atoms with Crippen LogP contribution in [0, 0.1) is 18.3 Å². The molecule has 0 bridgehead atoms. The molecule has 3 unspecified atom stereocenters. The minimum atomic E-state index is -0.967. The first-order valence-electron chi connectivity index (χ1n) is 11.7. The minimum absolute atomic E-state index is 0.0233. The SMILES string of the molecule is CCc1ccc(C)c(C2C=c3c(C(C)=NC(=N)/C=C\NCC(C)F)c(O)[nH]c3=CC2CC)c1. The van der Waals surface area contributed by atoms with Crippen molar-refractivity contribution >= 4 is 23.7 Å². The molecule has 3 atom stereocenters. The lowest BCUT2D eigenvalue weighted by atomic mass is 9.78. The molecule has 176 valence electrons. The van der Waals surface area contributed by atoms with Gasteiger partial charge in [0.25, 0.3) is 0 Å². The van der Waals surface area contributed by atoms with Gasteiger partial charge in [0.15, 0.2) is 5.88 Å². The lowest BCUT2D eigenvalue weighted by Gasteiger charge is -2.25. The Balaban J connectivity index is 2.02. The van der Waals surface area contributed by atoms with Gasteiger partial charge in [0.1, 0.15) is 12.0 Å². The number of amidine groups is 1. The van der Waals surface area contributed by atoms with Crippen LogP contribution in [0.3, 0.4) is 0 Å². The predicted molar refractivity (Wildman–Crippen MR) is 135 cm³/mol. The second-order valence-electron chi connectivity index (χ2n) is 8.76. The monoisotopic (exact) mass is 450 g/mol. The highest BCUT2D eigenvalue weighted by atomic mass is 19.1. The van der Waals surface area contributed by atoms with Gasteiger partial charge in [0.05, 0.1) is 11.3 Å². The van der Waals surface area contributed by atoms with Crippen LogP contribution in [0.4, 0.5) is 4.39 Å². The minimum Gasteiger partial charge on any atom is -0.494 e. The number of aromatic amines is 1. The third-order valence-corrected chi connectivity index (χ3v) is 6.23. The summed E-state index contributed by atoms with van der Waals surface area (Å²) >= 11 is 0. The summed E-state index contributed by atoms with van der Waals surface area (Å²) in [6.07, 6.45) is 8.45. The molecule has 0 aliphatic heterocycles. The molecule has 1 aromatic carbocycles. The Morgan fingerprint density at radius 3 is 2.76 bits per heavy atom. The molecule has 0 fully saturated rings. The van der Waals surface area contributed by atoms with E-state index in [1.165, 1.54) is 35.9 Å². The molecule has 1 aliphatic rings. The number of nitrogens with zero attached hydrogens (tertiary/aromatic N) is 1. The number of aromatic nitrogens is 1. The van der Waals surface area contributed by atoms with Gasteiger partial charge in [0.2, 0.25) is 0 Å². The van der Waals surface area contributed by atoms with Crippen molar-refractivity contribution < 1.29 is 9.50 Å². The second-order valence-corrected chi connectivity index (χ2v) is 8.76. The van der Waals surface area contributed by atoms with Gasteiger partial charge in [-0.05, 0) is 62.3 Å². The average Bonchev–Trinajstić information content (AvgIpc) is 3.10. The fourth-order valence-corrected chi connectivity index (χ4v) is 4.41. The maximum absolute atomic E-state index is 12.9. The van der Waals surface area contributed by atoms with Crippen molar-refractivity contribution in [2.45, 2.75) is 59.5 Å². The Kier molecular flexibility index (Phi) is 7.90. The largest absolute Gasteiger partial charge is 0.494 e. The molecule has 1 heterocycles. The molecule has 6 heteroatoms. The summed E-state index contributed by atoms with van der Waals surface area (Å²) in [5.41, 5.74) is 5.06. The van der Waals surface area contributed by atoms with Crippen LogP contribution in [0.5, 0.6) is 5.88 Å². The average molecular weight is 451 g/mol. The summed E-state index contributed by atoms with van der Waals surface area (Å²) in [6, 6.07) is 6.68. The number of fused-ring (bicyclic) bond motifs is 1. The van der Waals surface area contributed by atoms with E-state index in [9.17, 15) is 9.50 Å². The van der Waals surface area contributed by atoms with Crippen molar-refractivity contribution in [1.29, 1.82) is 5.41 Å². The van der Waals surface area contributed by atoms with Crippen LogP contribution >= 0.6 is 0 Å². The van der Waals surface area contributed by atoms with Crippen molar-refractivity contribution in [3.05, 3.63) is 63.3 Å². The fraction of sp³-hybridized carbons (Fsp3) is 0.407. The first kappa shape index (κ1) is 24.5. The number of nitrogens with one attached hydrogen (secondary N) is 3. The fourth-order valence-electron chi connectivity index (χ4n) is 4.41. The summed E-state index contributed by atoms with van der Waals surface area (Å²) in [6.45, 7) is 9.95. The zero-order valence-electron chi connectivity index (χ0n) is 20.2. The van der Waals surface area contributed by atoms with E-state index in [-0.39, 0.29) is 24.2 Å². The molecule has 0 saturated heterocycles. The molecule has 0 saturated carbocycles.